The van der Waals surface area contributed by atoms with E-state index in [9.17, 15) is 5.11 Å². The van der Waals surface area contributed by atoms with Crippen molar-refractivity contribution in [1.29, 1.82) is 0 Å². The number of benzene rings is 1. The standard InChI is InChI=1S/C14H17BrN2O/c1-14(18,12-5-3-4-6-13(12)15)8-7-11-9-16-17(2)10-11/h3-6,9-10,18H,7-8H2,1-2H3. The van der Waals surface area contributed by atoms with Crippen molar-refractivity contribution in [2.75, 3.05) is 0 Å². The highest BCUT2D eigenvalue weighted by Crippen LogP contribution is 2.31. The van der Waals surface area contributed by atoms with Gasteiger partial charge in [0.15, 0.2) is 0 Å². The van der Waals surface area contributed by atoms with Gasteiger partial charge in [-0.15, -0.1) is 0 Å². The SMILES string of the molecule is Cn1cc(CCC(C)(O)c2ccccc2Br)cn1. The van der Waals surface area contributed by atoms with E-state index >= 15 is 0 Å². The molecular weight excluding hydrogens is 292 g/mol. The van der Waals surface area contributed by atoms with Gasteiger partial charge in [0.05, 0.1) is 11.8 Å². The van der Waals surface area contributed by atoms with Crippen LogP contribution in [0.15, 0.2) is 41.1 Å². The Morgan fingerprint density at radius 3 is 2.72 bits per heavy atom. The highest BCUT2D eigenvalue weighted by Gasteiger charge is 2.24. The lowest BCUT2D eigenvalue weighted by atomic mass is 9.90. The number of hydrogen-bond acceptors (Lipinski definition) is 2. The predicted molar refractivity (Wildman–Crippen MR) is 75.2 cm³/mol. The molecule has 2 aromatic rings. The summed E-state index contributed by atoms with van der Waals surface area (Å²) < 4.78 is 2.73. The Bertz CT molecular complexity index is 534. The van der Waals surface area contributed by atoms with Gasteiger partial charge in [0.25, 0.3) is 0 Å². The van der Waals surface area contributed by atoms with Gasteiger partial charge in [0.2, 0.25) is 0 Å². The average molecular weight is 309 g/mol. The topological polar surface area (TPSA) is 38.0 Å². The minimum Gasteiger partial charge on any atom is -0.385 e. The maximum atomic E-state index is 10.6. The lowest BCUT2D eigenvalue weighted by Gasteiger charge is -2.24. The Hall–Kier alpha value is -1.13. The Balaban J connectivity index is 2.10. The van der Waals surface area contributed by atoms with Crippen LogP contribution in [0.4, 0.5) is 0 Å². The molecule has 0 fully saturated rings. The van der Waals surface area contributed by atoms with Gasteiger partial charge in [0.1, 0.15) is 0 Å². The van der Waals surface area contributed by atoms with Gasteiger partial charge in [-0.3, -0.25) is 4.68 Å². The molecule has 0 spiro atoms. The smallest absolute Gasteiger partial charge is 0.0882 e. The van der Waals surface area contributed by atoms with Gasteiger partial charge in [-0.05, 0) is 37.0 Å². The van der Waals surface area contributed by atoms with Gasteiger partial charge in [0, 0.05) is 17.7 Å². The zero-order chi connectivity index (χ0) is 13.2. The molecule has 0 aliphatic heterocycles. The highest BCUT2D eigenvalue weighted by atomic mass is 79.9. The summed E-state index contributed by atoms with van der Waals surface area (Å²) in [6.07, 6.45) is 5.30. The van der Waals surface area contributed by atoms with Crippen molar-refractivity contribution < 1.29 is 5.11 Å². The Kier molecular flexibility index (Phi) is 3.88. The zero-order valence-electron chi connectivity index (χ0n) is 10.6. The van der Waals surface area contributed by atoms with Gasteiger partial charge in [-0.2, -0.15) is 5.10 Å². The molecule has 0 aliphatic carbocycles. The summed E-state index contributed by atoms with van der Waals surface area (Å²) in [6, 6.07) is 7.80. The van der Waals surface area contributed by atoms with Crippen LogP contribution < -0.4 is 0 Å². The first kappa shape index (κ1) is 13.3. The summed E-state index contributed by atoms with van der Waals surface area (Å²) in [7, 11) is 1.90. The summed E-state index contributed by atoms with van der Waals surface area (Å²) in [5, 5.41) is 14.7. The van der Waals surface area contributed by atoms with Crippen LogP contribution in [0.25, 0.3) is 0 Å². The van der Waals surface area contributed by atoms with E-state index in [0.717, 1.165) is 22.0 Å². The molecule has 0 aliphatic rings. The van der Waals surface area contributed by atoms with E-state index in [4.69, 9.17) is 0 Å². The minimum atomic E-state index is -0.837. The van der Waals surface area contributed by atoms with Crippen molar-refractivity contribution in [3.05, 3.63) is 52.3 Å². The third-order valence-electron chi connectivity index (χ3n) is 3.11. The number of nitrogens with zero attached hydrogens (tertiary/aromatic N) is 2. The molecule has 0 bridgehead atoms. The van der Waals surface area contributed by atoms with Crippen LogP contribution in [0, 0.1) is 0 Å². The first-order valence-electron chi connectivity index (χ1n) is 5.94. The summed E-state index contributed by atoms with van der Waals surface area (Å²) >= 11 is 3.49. The lowest BCUT2D eigenvalue weighted by molar-refractivity contribution is 0.0473. The molecular formula is C14H17BrN2O. The van der Waals surface area contributed by atoms with E-state index in [1.807, 2.05) is 50.6 Å². The molecule has 1 N–H and O–H groups in total. The van der Waals surface area contributed by atoms with E-state index in [2.05, 4.69) is 21.0 Å². The van der Waals surface area contributed by atoms with Crippen LogP contribution in [-0.2, 0) is 19.1 Å². The molecule has 1 aromatic heterocycles. The van der Waals surface area contributed by atoms with Crippen LogP contribution in [0.5, 0.6) is 0 Å². The fourth-order valence-electron chi connectivity index (χ4n) is 2.02. The molecule has 0 saturated heterocycles. The quantitative estimate of drug-likeness (QED) is 0.943. The second-order valence-corrected chi connectivity index (χ2v) is 5.63. The average Bonchev–Trinajstić information content (AvgIpc) is 2.73. The van der Waals surface area contributed by atoms with E-state index in [-0.39, 0.29) is 0 Å². The van der Waals surface area contributed by atoms with Gasteiger partial charge >= 0.3 is 0 Å². The summed E-state index contributed by atoms with van der Waals surface area (Å²) in [5.74, 6) is 0. The zero-order valence-corrected chi connectivity index (χ0v) is 12.2. The third-order valence-corrected chi connectivity index (χ3v) is 3.80. The second kappa shape index (κ2) is 5.24. The van der Waals surface area contributed by atoms with Crippen LogP contribution in [0.3, 0.4) is 0 Å². The van der Waals surface area contributed by atoms with Crippen molar-refractivity contribution in [2.45, 2.75) is 25.4 Å². The molecule has 1 heterocycles. The number of aliphatic hydroxyl groups is 1. The Labute approximate surface area is 116 Å². The molecule has 1 atom stereocenters. The van der Waals surface area contributed by atoms with Crippen molar-refractivity contribution >= 4 is 15.9 Å². The second-order valence-electron chi connectivity index (χ2n) is 4.78. The summed E-state index contributed by atoms with van der Waals surface area (Å²) in [5.41, 5.74) is 1.23. The van der Waals surface area contributed by atoms with Crippen molar-refractivity contribution in [2.24, 2.45) is 7.05 Å². The number of aryl methyl sites for hydroxylation is 2. The Morgan fingerprint density at radius 1 is 1.39 bits per heavy atom. The van der Waals surface area contributed by atoms with Gasteiger partial charge in [-0.1, -0.05) is 34.1 Å². The van der Waals surface area contributed by atoms with Crippen molar-refractivity contribution in [1.82, 2.24) is 9.78 Å². The summed E-state index contributed by atoms with van der Waals surface area (Å²) in [6.45, 7) is 1.85. The first-order chi connectivity index (χ1) is 8.49. The normalized spacial score (nSPS) is 14.4. The molecule has 96 valence electrons. The van der Waals surface area contributed by atoms with Crippen LogP contribution in [-0.4, -0.2) is 14.9 Å². The monoisotopic (exact) mass is 308 g/mol. The minimum absolute atomic E-state index is 0.668. The molecule has 18 heavy (non-hydrogen) atoms. The maximum absolute atomic E-state index is 10.6. The molecule has 0 radical (unpaired) electrons. The Morgan fingerprint density at radius 2 is 2.11 bits per heavy atom. The number of hydrogen-bond donors (Lipinski definition) is 1. The van der Waals surface area contributed by atoms with E-state index in [1.54, 1.807) is 4.68 Å². The lowest BCUT2D eigenvalue weighted by Crippen LogP contribution is -2.22. The summed E-state index contributed by atoms with van der Waals surface area (Å²) in [4.78, 5) is 0. The molecule has 1 aromatic carbocycles. The third kappa shape index (κ3) is 3.00. The van der Waals surface area contributed by atoms with Crippen LogP contribution in [0.2, 0.25) is 0 Å². The molecule has 0 saturated carbocycles. The largest absolute Gasteiger partial charge is 0.385 e. The first-order valence-corrected chi connectivity index (χ1v) is 6.73. The van der Waals surface area contributed by atoms with Crippen molar-refractivity contribution in [3.8, 4) is 0 Å². The number of rotatable bonds is 4. The predicted octanol–water partition coefficient (Wildman–Crippen LogP) is 3.02. The molecule has 0 amide bonds. The fourth-order valence-corrected chi connectivity index (χ4v) is 2.73. The molecule has 2 rings (SSSR count). The van der Waals surface area contributed by atoms with Crippen molar-refractivity contribution in [3.63, 3.8) is 0 Å². The van der Waals surface area contributed by atoms with Gasteiger partial charge < -0.3 is 5.11 Å². The van der Waals surface area contributed by atoms with E-state index in [1.165, 1.54) is 0 Å². The van der Waals surface area contributed by atoms with Crippen LogP contribution in [0.1, 0.15) is 24.5 Å². The number of aromatic nitrogens is 2. The molecule has 1 unspecified atom stereocenters. The van der Waals surface area contributed by atoms with E-state index in [0.29, 0.717) is 6.42 Å². The van der Waals surface area contributed by atoms with Gasteiger partial charge in [-0.25, -0.2) is 0 Å². The molecule has 3 nitrogen and oxygen atoms in total. The number of halogens is 1. The van der Waals surface area contributed by atoms with Crippen LogP contribution >= 0.6 is 15.9 Å². The fraction of sp³-hybridized carbons (Fsp3) is 0.357. The maximum Gasteiger partial charge on any atom is 0.0882 e. The molecule has 4 heteroatoms. The van der Waals surface area contributed by atoms with E-state index < -0.39 is 5.60 Å². The highest BCUT2D eigenvalue weighted by molar-refractivity contribution is 9.10.